The molecule has 1 nitrogen and oxygen atoms in total. The Morgan fingerprint density at radius 2 is 2.08 bits per heavy atom. The molecule has 0 aliphatic heterocycles. The minimum atomic E-state index is 0.871. The van der Waals surface area contributed by atoms with Gasteiger partial charge < -0.3 is 4.42 Å². The molecule has 0 unspecified atom stereocenters. The van der Waals surface area contributed by atoms with Crippen LogP contribution in [0.2, 0.25) is 0 Å². The van der Waals surface area contributed by atoms with Crippen LogP contribution in [0.1, 0.15) is 6.92 Å². The summed E-state index contributed by atoms with van der Waals surface area (Å²) in [5.41, 5.74) is 1.78. The van der Waals surface area contributed by atoms with Gasteiger partial charge in [0, 0.05) is 10.6 Å². The van der Waals surface area contributed by atoms with Crippen LogP contribution in [0.15, 0.2) is 28.7 Å². The lowest BCUT2D eigenvalue weighted by Crippen LogP contribution is -2.16. The van der Waals surface area contributed by atoms with Gasteiger partial charge in [0.05, 0.1) is 0 Å². The molecule has 0 atom stereocenters. The summed E-state index contributed by atoms with van der Waals surface area (Å²) >= 11 is 0. The van der Waals surface area contributed by atoms with Crippen LogP contribution >= 0.6 is 0 Å². The highest BCUT2D eigenvalue weighted by molar-refractivity contribution is 5.77. The predicted octanol–water partition coefficient (Wildman–Crippen LogP) is 1.64. The predicted molar refractivity (Wildman–Crippen MR) is 51.1 cm³/mol. The number of benzene rings is 1. The SMILES string of the molecule is C=c1/c(=C\C)oc2ccccc12. The van der Waals surface area contributed by atoms with Gasteiger partial charge in [0.25, 0.3) is 0 Å². The van der Waals surface area contributed by atoms with Crippen molar-refractivity contribution in [2.75, 3.05) is 0 Å². The van der Waals surface area contributed by atoms with Gasteiger partial charge in [0.1, 0.15) is 11.0 Å². The monoisotopic (exact) mass is 158 g/mol. The van der Waals surface area contributed by atoms with Crippen LogP contribution in [0.25, 0.3) is 23.6 Å². The minimum absolute atomic E-state index is 0.871. The summed E-state index contributed by atoms with van der Waals surface area (Å²) in [4.78, 5) is 0. The first-order valence-electron chi connectivity index (χ1n) is 3.96. The topological polar surface area (TPSA) is 13.1 Å². The van der Waals surface area contributed by atoms with Crippen molar-refractivity contribution in [1.29, 1.82) is 0 Å². The van der Waals surface area contributed by atoms with Crippen molar-refractivity contribution in [2.45, 2.75) is 6.92 Å². The number of hydrogen-bond donors (Lipinski definition) is 0. The molecule has 0 N–H and O–H groups in total. The second kappa shape index (κ2) is 2.52. The summed E-state index contributed by atoms with van der Waals surface area (Å²) in [6, 6.07) is 7.93. The van der Waals surface area contributed by atoms with Gasteiger partial charge in [-0.1, -0.05) is 24.8 Å². The van der Waals surface area contributed by atoms with E-state index in [1.165, 1.54) is 0 Å². The molecule has 1 aromatic heterocycles. The molecule has 0 fully saturated rings. The average Bonchev–Trinajstić information content (AvgIpc) is 2.44. The van der Waals surface area contributed by atoms with Crippen molar-refractivity contribution < 1.29 is 4.42 Å². The van der Waals surface area contributed by atoms with Crippen molar-refractivity contribution in [1.82, 2.24) is 0 Å². The van der Waals surface area contributed by atoms with Crippen molar-refractivity contribution >= 4 is 23.6 Å². The summed E-state index contributed by atoms with van der Waals surface area (Å²) in [5, 5.41) is 2.08. The van der Waals surface area contributed by atoms with E-state index in [9.17, 15) is 0 Å². The third-order valence-corrected chi connectivity index (χ3v) is 1.99. The fraction of sp³-hybridized carbons (Fsp3) is 0.0909. The van der Waals surface area contributed by atoms with Gasteiger partial charge in [0.2, 0.25) is 0 Å². The first kappa shape index (κ1) is 7.17. The maximum absolute atomic E-state index is 5.53. The number of fused-ring (bicyclic) bond motifs is 1. The van der Waals surface area contributed by atoms with Gasteiger partial charge in [-0.3, -0.25) is 0 Å². The summed E-state index contributed by atoms with van der Waals surface area (Å²) in [5.74, 6) is 0. The van der Waals surface area contributed by atoms with Crippen LogP contribution in [-0.4, -0.2) is 0 Å². The summed E-state index contributed by atoms with van der Waals surface area (Å²) < 4.78 is 5.53. The summed E-state index contributed by atoms with van der Waals surface area (Å²) in [6.07, 6.45) is 1.93. The van der Waals surface area contributed by atoms with Gasteiger partial charge in [-0.05, 0) is 19.1 Å². The molecule has 60 valence electrons. The van der Waals surface area contributed by atoms with E-state index in [4.69, 9.17) is 4.42 Å². The van der Waals surface area contributed by atoms with E-state index in [-0.39, 0.29) is 0 Å². The van der Waals surface area contributed by atoms with E-state index in [0.717, 1.165) is 21.6 Å². The van der Waals surface area contributed by atoms with Crippen LogP contribution in [-0.2, 0) is 0 Å². The molecule has 0 amide bonds. The summed E-state index contributed by atoms with van der Waals surface area (Å²) in [7, 11) is 0. The first-order valence-corrected chi connectivity index (χ1v) is 3.96. The van der Waals surface area contributed by atoms with Crippen LogP contribution in [0.5, 0.6) is 0 Å². The number of furan rings is 1. The Hall–Kier alpha value is -1.50. The molecule has 2 aromatic rings. The maximum atomic E-state index is 5.53. The molecule has 0 saturated carbocycles. The van der Waals surface area contributed by atoms with Crippen molar-refractivity contribution in [3.05, 3.63) is 34.9 Å². The van der Waals surface area contributed by atoms with Gasteiger partial charge in [0.15, 0.2) is 0 Å². The van der Waals surface area contributed by atoms with Crippen LogP contribution in [0.4, 0.5) is 0 Å². The molecule has 0 aliphatic carbocycles. The van der Waals surface area contributed by atoms with Crippen LogP contribution in [0, 0.1) is 0 Å². The molecular formula is C11H10O. The van der Waals surface area contributed by atoms with E-state index in [1.54, 1.807) is 0 Å². The lowest BCUT2D eigenvalue weighted by molar-refractivity contribution is 0.575. The average molecular weight is 158 g/mol. The zero-order valence-corrected chi connectivity index (χ0v) is 7.00. The fourth-order valence-corrected chi connectivity index (χ4v) is 1.35. The van der Waals surface area contributed by atoms with Crippen molar-refractivity contribution in [2.24, 2.45) is 0 Å². The Labute approximate surface area is 70.6 Å². The molecule has 1 aromatic carbocycles. The standard InChI is InChI=1S/C11H10O/c1-3-10-8(2)9-6-4-5-7-11(9)12-10/h3-7H,2H2,1H3/b10-3+. The quantitative estimate of drug-likeness (QED) is 0.568. The third kappa shape index (κ3) is 0.866. The molecule has 0 aliphatic rings. The Balaban J connectivity index is 3.08. The van der Waals surface area contributed by atoms with E-state index >= 15 is 0 Å². The van der Waals surface area contributed by atoms with Gasteiger partial charge in [-0.25, -0.2) is 0 Å². The van der Waals surface area contributed by atoms with Crippen LogP contribution < -0.4 is 10.6 Å². The molecule has 1 heterocycles. The molecule has 2 rings (SSSR count). The van der Waals surface area contributed by atoms with E-state index in [1.807, 2.05) is 37.3 Å². The first-order chi connectivity index (χ1) is 5.83. The van der Waals surface area contributed by atoms with Crippen molar-refractivity contribution in [3.8, 4) is 0 Å². The second-order valence-electron chi connectivity index (χ2n) is 2.73. The fourth-order valence-electron chi connectivity index (χ4n) is 1.35. The third-order valence-electron chi connectivity index (χ3n) is 1.99. The molecule has 12 heavy (non-hydrogen) atoms. The van der Waals surface area contributed by atoms with Crippen molar-refractivity contribution in [3.63, 3.8) is 0 Å². The molecule has 1 heteroatoms. The molecule has 0 radical (unpaired) electrons. The molecule has 0 spiro atoms. The normalized spacial score (nSPS) is 12.6. The zero-order valence-electron chi connectivity index (χ0n) is 7.00. The highest BCUT2D eigenvalue weighted by Gasteiger charge is 1.97. The van der Waals surface area contributed by atoms with Gasteiger partial charge in [-0.15, -0.1) is 0 Å². The number of hydrogen-bond acceptors (Lipinski definition) is 1. The zero-order chi connectivity index (χ0) is 8.55. The second-order valence-corrected chi connectivity index (χ2v) is 2.73. The molecule has 0 saturated heterocycles. The Kier molecular flexibility index (Phi) is 1.51. The maximum Gasteiger partial charge on any atom is 0.135 e. The lowest BCUT2D eigenvalue weighted by Gasteiger charge is -1.82. The van der Waals surface area contributed by atoms with E-state index in [0.29, 0.717) is 0 Å². The number of rotatable bonds is 0. The van der Waals surface area contributed by atoms with Gasteiger partial charge in [-0.2, -0.15) is 0 Å². The molecular weight excluding hydrogens is 148 g/mol. The largest absolute Gasteiger partial charge is 0.456 e. The highest BCUT2D eigenvalue weighted by atomic mass is 16.3. The Morgan fingerprint density at radius 1 is 1.33 bits per heavy atom. The number of para-hydroxylation sites is 1. The smallest absolute Gasteiger partial charge is 0.135 e. The molecule has 0 bridgehead atoms. The Bertz CT molecular complexity index is 505. The summed E-state index contributed by atoms with van der Waals surface area (Å²) in [6.45, 7) is 5.91. The Morgan fingerprint density at radius 3 is 2.75 bits per heavy atom. The minimum Gasteiger partial charge on any atom is -0.456 e. The van der Waals surface area contributed by atoms with E-state index < -0.39 is 0 Å². The lowest BCUT2D eigenvalue weighted by atomic mass is 10.2. The van der Waals surface area contributed by atoms with E-state index in [2.05, 4.69) is 6.58 Å². The highest BCUT2D eigenvalue weighted by Crippen LogP contribution is 2.05. The van der Waals surface area contributed by atoms with Gasteiger partial charge >= 0.3 is 0 Å². The van der Waals surface area contributed by atoms with Crippen LogP contribution in [0.3, 0.4) is 0 Å².